The molecule has 0 unspecified atom stereocenters. The number of benzene rings is 2. The Labute approximate surface area is 199 Å². The lowest BCUT2D eigenvalue weighted by Crippen LogP contribution is -2.44. The molecule has 1 N–H and O–H groups in total. The van der Waals surface area contributed by atoms with Crippen molar-refractivity contribution in [1.82, 2.24) is 5.32 Å². The van der Waals surface area contributed by atoms with Gasteiger partial charge in [0.1, 0.15) is 0 Å². The van der Waals surface area contributed by atoms with Gasteiger partial charge in [0, 0.05) is 29.3 Å². The zero-order valence-electron chi connectivity index (χ0n) is 20.5. The second-order valence-electron chi connectivity index (χ2n) is 9.66. The first kappa shape index (κ1) is 25.1. The predicted molar refractivity (Wildman–Crippen MR) is 141 cm³/mol. The standard InChI is InChI=1S/C29H39N3O/c1-28(2,25-8-6-5-7-9-25)26-13-10-24(11-14-26)12-15-27(16-19-30-3)32-21-18-29(17-20-31-4)22-33-23-29/h5-11,13-14,16,19,31H,3,12,15,17-18,20-23H2,1-2,4H3/b19-16-,32-27-. The summed E-state index contributed by atoms with van der Waals surface area (Å²) in [4.78, 5) is 8.80. The lowest BCUT2D eigenvalue weighted by atomic mass is 9.78. The first-order valence-corrected chi connectivity index (χ1v) is 12.0. The molecule has 0 saturated carbocycles. The molecular formula is C29H39N3O. The van der Waals surface area contributed by atoms with Crippen molar-refractivity contribution in [3.63, 3.8) is 0 Å². The first-order chi connectivity index (χ1) is 16.0. The highest BCUT2D eigenvalue weighted by Crippen LogP contribution is 2.35. The second-order valence-corrected chi connectivity index (χ2v) is 9.66. The van der Waals surface area contributed by atoms with E-state index in [0.717, 1.165) is 57.7 Å². The zero-order chi connectivity index (χ0) is 23.6. The van der Waals surface area contributed by atoms with Gasteiger partial charge in [0.25, 0.3) is 0 Å². The highest BCUT2D eigenvalue weighted by Gasteiger charge is 2.37. The third kappa shape index (κ3) is 6.96. The first-order valence-electron chi connectivity index (χ1n) is 12.0. The van der Waals surface area contributed by atoms with Crippen molar-refractivity contribution in [1.29, 1.82) is 0 Å². The average molecular weight is 446 g/mol. The van der Waals surface area contributed by atoms with Gasteiger partial charge in [-0.1, -0.05) is 68.4 Å². The third-order valence-corrected chi connectivity index (χ3v) is 6.89. The van der Waals surface area contributed by atoms with Gasteiger partial charge in [0.05, 0.1) is 13.2 Å². The van der Waals surface area contributed by atoms with Crippen LogP contribution in [0.2, 0.25) is 0 Å². The van der Waals surface area contributed by atoms with Crippen molar-refractivity contribution in [3.05, 3.63) is 83.6 Å². The van der Waals surface area contributed by atoms with E-state index in [1.54, 1.807) is 6.20 Å². The van der Waals surface area contributed by atoms with E-state index in [1.807, 2.05) is 13.1 Å². The number of aliphatic imine (C=N–C) groups is 2. The van der Waals surface area contributed by atoms with E-state index in [0.29, 0.717) is 5.41 Å². The summed E-state index contributed by atoms with van der Waals surface area (Å²) in [6, 6.07) is 19.7. The fraction of sp³-hybridized carbons (Fsp3) is 0.448. The normalized spacial score (nSPS) is 16.0. The predicted octanol–water partition coefficient (Wildman–Crippen LogP) is 5.62. The van der Waals surface area contributed by atoms with Gasteiger partial charge < -0.3 is 10.1 Å². The van der Waals surface area contributed by atoms with Gasteiger partial charge in [-0.3, -0.25) is 9.98 Å². The minimum atomic E-state index is -0.0146. The summed E-state index contributed by atoms with van der Waals surface area (Å²) in [6.07, 6.45) is 7.81. The van der Waals surface area contributed by atoms with E-state index in [1.165, 1.54) is 16.7 Å². The Balaban J connectivity index is 1.59. The van der Waals surface area contributed by atoms with Gasteiger partial charge in [0.15, 0.2) is 0 Å². The summed E-state index contributed by atoms with van der Waals surface area (Å²) in [7, 11) is 2.01. The number of ether oxygens (including phenoxy) is 1. The Hall–Kier alpha value is -2.56. The fourth-order valence-electron chi connectivity index (χ4n) is 4.37. The minimum Gasteiger partial charge on any atom is -0.380 e. The molecule has 4 heteroatoms. The lowest BCUT2D eigenvalue weighted by molar-refractivity contribution is -0.119. The smallest absolute Gasteiger partial charge is 0.0545 e. The Morgan fingerprint density at radius 2 is 1.76 bits per heavy atom. The molecule has 3 rings (SSSR count). The molecule has 1 aliphatic heterocycles. The van der Waals surface area contributed by atoms with Gasteiger partial charge in [-0.15, -0.1) is 0 Å². The SMILES string of the molecule is C=N/C=C\C(CCc1ccc(C(C)(C)c2ccccc2)cc1)=N/CCC1(CCNC)COC1. The van der Waals surface area contributed by atoms with Crippen LogP contribution >= 0.6 is 0 Å². The number of rotatable bonds is 13. The fourth-order valence-corrected chi connectivity index (χ4v) is 4.37. The van der Waals surface area contributed by atoms with E-state index in [2.05, 4.69) is 85.5 Å². The molecule has 33 heavy (non-hydrogen) atoms. The van der Waals surface area contributed by atoms with E-state index in [-0.39, 0.29) is 5.41 Å². The molecule has 2 aromatic rings. The van der Waals surface area contributed by atoms with Crippen molar-refractivity contribution in [2.45, 2.75) is 44.9 Å². The molecule has 1 heterocycles. The second kappa shape index (κ2) is 12.1. The Kier molecular flexibility index (Phi) is 9.16. The average Bonchev–Trinajstić information content (AvgIpc) is 2.82. The van der Waals surface area contributed by atoms with Crippen molar-refractivity contribution in [2.75, 3.05) is 33.4 Å². The molecule has 1 aliphatic rings. The lowest BCUT2D eigenvalue weighted by Gasteiger charge is -2.41. The summed E-state index contributed by atoms with van der Waals surface area (Å²) in [6.45, 7) is 11.7. The number of nitrogens with zero attached hydrogens (tertiary/aromatic N) is 2. The number of hydrogen-bond acceptors (Lipinski definition) is 4. The van der Waals surface area contributed by atoms with Gasteiger partial charge in [0.2, 0.25) is 0 Å². The molecule has 1 fully saturated rings. The molecular weight excluding hydrogens is 406 g/mol. The quantitative estimate of drug-likeness (QED) is 0.407. The minimum absolute atomic E-state index is 0.0146. The zero-order valence-corrected chi connectivity index (χ0v) is 20.5. The molecule has 0 aliphatic carbocycles. The van der Waals surface area contributed by atoms with Gasteiger partial charge in [-0.2, -0.15) is 0 Å². The van der Waals surface area contributed by atoms with Crippen LogP contribution in [0.3, 0.4) is 0 Å². The number of aryl methyl sites for hydroxylation is 1. The number of allylic oxidation sites excluding steroid dienone is 1. The Bertz CT molecular complexity index is 925. The Morgan fingerprint density at radius 3 is 2.36 bits per heavy atom. The van der Waals surface area contributed by atoms with E-state index in [9.17, 15) is 0 Å². The van der Waals surface area contributed by atoms with E-state index >= 15 is 0 Å². The van der Waals surface area contributed by atoms with Crippen LogP contribution in [0.5, 0.6) is 0 Å². The number of hydrogen-bond donors (Lipinski definition) is 1. The summed E-state index contributed by atoms with van der Waals surface area (Å²) >= 11 is 0. The van der Waals surface area contributed by atoms with Crippen LogP contribution in [0.4, 0.5) is 0 Å². The van der Waals surface area contributed by atoms with Crippen molar-refractivity contribution < 1.29 is 4.74 Å². The molecule has 2 aromatic carbocycles. The van der Waals surface area contributed by atoms with Gasteiger partial charge in [-0.25, -0.2) is 0 Å². The van der Waals surface area contributed by atoms with E-state index < -0.39 is 0 Å². The van der Waals surface area contributed by atoms with Gasteiger partial charge in [-0.05, 0) is 68.8 Å². The molecule has 4 nitrogen and oxygen atoms in total. The van der Waals surface area contributed by atoms with Crippen molar-refractivity contribution >= 4 is 12.4 Å². The molecule has 0 spiro atoms. The van der Waals surface area contributed by atoms with Crippen LogP contribution in [0.15, 0.2) is 76.9 Å². The molecule has 0 amide bonds. The third-order valence-electron chi connectivity index (χ3n) is 6.89. The van der Waals surface area contributed by atoms with Gasteiger partial charge >= 0.3 is 0 Å². The molecule has 0 bridgehead atoms. The highest BCUT2D eigenvalue weighted by atomic mass is 16.5. The van der Waals surface area contributed by atoms with Crippen LogP contribution in [0, 0.1) is 5.41 Å². The molecule has 0 atom stereocenters. The van der Waals surface area contributed by atoms with Crippen LogP contribution in [-0.2, 0) is 16.6 Å². The monoisotopic (exact) mass is 445 g/mol. The summed E-state index contributed by atoms with van der Waals surface area (Å²) < 4.78 is 5.51. The largest absolute Gasteiger partial charge is 0.380 e. The topological polar surface area (TPSA) is 46.0 Å². The molecule has 0 aromatic heterocycles. The van der Waals surface area contributed by atoms with Crippen LogP contribution < -0.4 is 5.32 Å². The van der Waals surface area contributed by atoms with Crippen LogP contribution in [0.1, 0.15) is 49.8 Å². The summed E-state index contributed by atoms with van der Waals surface area (Å²) in [5, 5.41) is 3.26. The molecule has 1 saturated heterocycles. The number of nitrogens with one attached hydrogen (secondary N) is 1. The molecule has 176 valence electrons. The van der Waals surface area contributed by atoms with Crippen molar-refractivity contribution in [3.8, 4) is 0 Å². The van der Waals surface area contributed by atoms with E-state index in [4.69, 9.17) is 9.73 Å². The molecule has 0 radical (unpaired) electrons. The summed E-state index contributed by atoms with van der Waals surface area (Å²) in [5.74, 6) is 0. The van der Waals surface area contributed by atoms with Crippen molar-refractivity contribution in [2.24, 2.45) is 15.4 Å². The van der Waals surface area contributed by atoms with Crippen LogP contribution in [0.25, 0.3) is 0 Å². The maximum absolute atomic E-state index is 5.51. The maximum atomic E-state index is 5.51. The highest BCUT2D eigenvalue weighted by molar-refractivity contribution is 5.95. The maximum Gasteiger partial charge on any atom is 0.0545 e. The van der Waals surface area contributed by atoms with Crippen LogP contribution in [-0.4, -0.2) is 45.8 Å². The summed E-state index contributed by atoms with van der Waals surface area (Å²) in [5.41, 5.74) is 5.35. The Morgan fingerprint density at radius 1 is 1.06 bits per heavy atom.